The molecule has 0 spiro atoms. The Kier molecular flexibility index (Phi) is 10.4. The van der Waals surface area contributed by atoms with Crippen LogP contribution in [0.4, 0.5) is 18.9 Å². The minimum Gasteiger partial charge on any atom is -0.406 e. The first-order valence-corrected chi connectivity index (χ1v) is 5.55. The van der Waals surface area contributed by atoms with Crippen molar-refractivity contribution in [2.45, 2.75) is 34.1 Å². The first-order valence-electron chi connectivity index (χ1n) is 5.55. The van der Waals surface area contributed by atoms with Gasteiger partial charge in [0.15, 0.2) is 0 Å². The number of anilines is 1. The molecule has 0 heterocycles. The van der Waals surface area contributed by atoms with Gasteiger partial charge in [-0.2, -0.15) is 0 Å². The fourth-order valence-electron chi connectivity index (χ4n) is 0.849. The normalized spacial score (nSPS) is 9.18. The lowest BCUT2D eigenvalue weighted by molar-refractivity contribution is -0.274. The molecule has 100 valence electrons. The molecule has 0 aliphatic heterocycles. The summed E-state index contributed by atoms with van der Waals surface area (Å²) >= 11 is 0. The summed E-state index contributed by atoms with van der Waals surface area (Å²) in [5.41, 5.74) is 0.571. The van der Waals surface area contributed by atoms with Crippen LogP contribution < -0.4 is 10.1 Å². The number of hydrogen-bond acceptors (Lipinski definition) is 2. The zero-order valence-corrected chi connectivity index (χ0v) is 10.9. The first-order chi connectivity index (χ1) is 8.01. The van der Waals surface area contributed by atoms with Gasteiger partial charge in [0.1, 0.15) is 5.75 Å². The van der Waals surface area contributed by atoms with E-state index in [0.717, 1.165) is 0 Å². The predicted molar refractivity (Wildman–Crippen MR) is 65.4 cm³/mol. The predicted octanol–water partition coefficient (Wildman–Crippen LogP) is 4.68. The van der Waals surface area contributed by atoms with Crippen LogP contribution >= 0.6 is 0 Å². The highest BCUT2D eigenvalue weighted by Gasteiger charge is 2.30. The molecule has 1 aromatic carbocycles. The van der Waals surface area contributed by atoms with Crippen LogP contribution in [0.3, 0.4) is 0 Å². The Bertz CT molecular complexity index is 287. The van der Waals surface area contributed by atoms with Gasteiger partial charge < -0.3 is 10.1 Å². The number of hydrogen-bond donors (Lipinski definition) is 1. The second-order valence-corrected chi connectivity index (χ2v) is 2.33. The zero-order chi connectivity index (χ0) is 13.9. The summed E-state index contributed by atoms with van der Waals surface area (Å²) in [4.78, 5) is 0. The van der Waals surface area contributed by atoms with E-state index in [1.54, 1.807) is 13.1 Å². The lowest BCUT2D eigenvalue weighted by Crippen LogP contribution is -2.17. The van der Waals surface area contributed by atoms with E-state index in [1.165, 1.54) is 18.2 Å². The SMILES string of the molecule is CC.CC.CNc1cccc(OC(F)(F)F)c1. The summed E-state index contributed by atoms with van der Waals surface area (Å²) in [5, 5.41) is 2.71. The minimum absolute atomic E-state index is 0.223. The molecule has 0 bridgehead atoms. The van der Waals surface area contributed by atoms with Crippen LogP contribution in [-0.4, -0.2) is 13.4 Å². The van der Waals surface area contributed by atoms with Crippen molar-refractivity contribution >= 4 is 5.69 Å². The largest absolute Gasteiger partial charge is 0.573 e. The summed E-state index contributed by atoms with van der Waals surface area (Å²) in [5.74, 6) is -0.223. The van der Waals surface area contributed by atoms with E-state index < -0.39 is 6.36 Å². The van der Waals surface area contributed by atoms with Gasteiger partial charge in [-0.15, -0.1) is 13.2 Å². The van der Waals surface area contributed by atoms with Crippen molar-refractivity contribution in [1.29, 1.82) is 0 Å². The van der Waals surface area contributed by atoms with Crippen molar-refractivity contribution in [2.24, 2.45) is 0 Å². The maximum Gasteiger partial charge on any atom is 0.573 e. The summed E-state index contributed by atoms with van der Waals surface area (Å²) in [6.45, 7) is 8.00. The van der Waals surface area contributed by atoms with Crippen LogP contribution in [0.5, 0.6) is 5.75 Å². The van der Waals surface area contributed by atoms with Gasteiger partial charge in [-0.3, -0.25) is 0 Å². The zero-order valence-electron chi connectivity index (χ0n) is 10.9. The Morgan fingerprint density at radius 2 is 1.59 bits per heavy atom. The Hall–Kier alpha value is -1.39. The molecule has 0 radical (unpaired) electrons. The van der Waals surface area contributed by atoms with E-state index in [9.17, 15) is 13.2 Å². The molecule has 2 nitrogen and oxygen atoms in total. The molecule has 1 N–H and O–H groups in total. The molecule has 0 aromatic heterocycles. The molecule has 17 heavy (non-hydrogen) atoms. The average Bonchev–Trinajstić information content (AvgIpc) is 2.32. The van der Waals surface area contributed by atoms with Crippen molar-refractivity contribution in [3.05, 3.63) is 24.3 Å². The van der Waals surface area contributed by atoms with E-state index >= 15 is 0 Å². The van der Waals surface area contributed by atoms with Crippen molar-refractivity contribution < 1.29 is 17.9 Å². The quantitative estimate of drug-likeness (QED) is 0.824. The van der Waals surface area contributed by atoms with Crippen LogP contribution in [0.15, 0.2) is 24.3 Å². The molecule has 0 saturated carbocycles. The molecule has 1 aromatic rings. The van der Waals surface area contributed by atoms with Crippen molar-refractivity contribution in [1.82, 2.24) is 0 Å². The summed E-state index contributed by atoms with van der Waals surface area (Å²) in [6, 6.07) is 5.64. The van der Waals surface area contributed by atoms with Crippen LogP contribution in [0.1, 0.15) is 27.7 Å². The summed E-state index contributed by atoms with van der Waals surface area (Å²) < 4.78 is 38.9. The fourth-order valence-corrected chi connectivity index (χ4v) is 0.849. The Morgan fingerprint density at radius 1 is 1.06 bits per heavy atom. The summed E-state index contributed by atoms with van der Waals surface area (Å²) in [6.07, 6.45) is -4.63. The number of nitrogens with one attached hydrogen (secondary N) is 1. The molecule has 0 unspecified atom stereocenters. The smallest absolute Gasteiger partial charge is 0.406 e. The van der Waals surface area contributed by atoms with Gasteiger partial charge in [0.25, 0.3) is 0 Å². The second-order valence-electron chi connectivity index (χ2n) is 2.33. The van der Waals surface area contributed by atoms with Crippen molar-refractivity contribution in [3.8, 4) is 5.75 Å². The monoisotopic (exact) mass is 251 g/mol. The van der Waals surface area contributed by atoms with E-state index in [-0.39, 0.29) is 5.75 Å². The Labute approximate surface area is 101 Å². The maximum absolute atomic E-state index is 11.7. The van der Waals surface area contributed by atoms with Gasteiger partial charge in [-0.05, 0) is 12.1 Å². The second kappa shape index (κ2) is 9.81. The van der Waals surface area contributed by atoms with Gasteiger partial charge >= 0.3 is 6.36 Å². The van der Waals surface area contributed by atoms with Gasteiger partial charge in [0, 0.05) is 18.8 Å². The summed E-state index contributed by atoms with van der Waals surface area (Å²) in [7, 11) is 1.62. The Morgan fingerprint density at radius 3 is 2.00 bits per heavy atom. The fraction of sp³-hybridized carbons (Fsp3) is 0.500. The Balaban J connectivity index is 0. The highest BCUT2D eigenvalue weighted by atomic mass is 19.4. The number of rotatable bonds is 2. The van der Waals surface area contributed by atoms with E-state index in [4.69, 9.17) is 0 Å². The van der Waals surface area contributed by atoms with Crippen LogP contribution in [-0.2, 0) is 0 Å². The number of alkyl halides is 3. The van der Waals surface area contributed by atoms with Gasteiger partial charge in [-0.1, -0.05) is 33.8 Å². The molecule has 1 rings (SSSR count). The standard InChI is InChI=1S/C8H8F3NO.2C2H6/c1-12-6-3-2-4-7(5-6)13-8(9,10)11;2*1-2/h2-5,12H,1H3;2*1-2H3. The lowest BCUT2D eigenvalue weighted by atomic mass is 10.3. The molecule has 0 fully saturated rings. The number of benzene rings is 1. The van der Waals surface area contributed by atoms with Crippen LogP contribution in [0.2, 0.25) is 0 Å². The maximum atomic E-state index is 11.7. The van der Waals surface area contributed by atoms with E-state index in [0.29, 0.717) is 5.69 Å². The third-order valence-corrected chi connectivity index (χ3v) is 1.36. The molecule has 0 aliphatic carbocycles. The molecular weight excluding hydrogens is 231 g/mol. The van der Waals surface area contributed by atoms with Gasteiger partial charge in [-0.25, -0.2) is 0 Å². The molecule has 5 heteroatoms. The van der Waals surface area contributed by atoms with Crippen LogP contribution in [0.25, 0.3) is 0 Å². The highest BCUT2D eigenvalue weighted by Crippen LogP contribution is 2.24. The van der Waals surface area contributed by atoms with Crippen LogP contribution in [0, 0.1) is 0 Å². The molecule has 0 aliphatic rings. The lowest BCUT2D eigenvalue weighted by Gasteiger charge is -2.09. The number of halogens is 3. The van der Waals surface area contributed by atoms with Crippen molar-refractivity contribution in [3.63, 3.8) is 0 Å². The third-order valence-electron chi connectivity index (χ3n) is 1.36. The highest BCUT2D eigenvalue weighted by molar-refractivity contribution is 5.47. The molecule has 0 saturated heterocycles. The molecular formula is C12H20F3NO. The average molecular weight is 251 g/mol. The molecule has 0 atom stereocenters. The molecule has 0 amide bonds. The topological polar surface area (TPSA) is 21.3 Å². The first kappa shape index (κ1) is 18.0. The minimum atomic E-state index is -4.63. The van der Waals surface area contributed by atoms with Gasteiger partial charge in [0.2, 0.25) is 0 Å². The van der Waals surface area contributed by atoms with Gasteiger partial charge in [0.05, 0.1) is 0 Å². The third kappa shape index (κ3) is 9.53. The number of ether oxygens (including phenoxy) is 1. The van der Waals surface area contributed by atoms with E-state index in [2.05, 4.69) is 10.1 Å². The van der Waals surface area contributed by atoms with Crippen molar-refractivity contribution in [2.75, 3.05) is 12.4 Å². The van der Waals surface area contributed by atoms with E-state index in [1.807, 2.05) is 27.7 Å².